The number of aromatic nitrogens is 4. The van der Waals surface area contributed by atoms with Crippen LogP contribution in [0.25, 0.3) is 22.1 Å². The van der Waals surface area contributed by atoms with Gasteiger partial charge in [0.25, 0.3) is 0 Å². The molecule has 62 valence electrons. The monoisotopic (exact) mass is 170 g/mol. The van der Waals surface area contributed by atoms with E-state index >= 15 is 0 Å². The molecule has 2 aromatic heterocycles. The minimum atomic E-state index is 0.877. The summed E-state index contributed by atoms with van der Waals surface area (Å²) in [5, 5.41) is 0. The Morgan fingerprint density at radius 2 is 1.62 bits per heavy atom. The number of nitrogens with one attached hydrogen (secondary N) is 1. The second kappa shape index (κ2) is 2.26. The molecule has 0 fully saturated rings. The van der Waals surface area contributed by atoms with Gasteiger partial charge >= 0.3 is 0 Å². The molecule has 0 spiro atoms. The third kappa shape index (κ3) is 0.885. The average Bonchev–Trinajstić information content (AvgIpc) is 2.61. The van der Waals surface area contributed by atoms with E-state index < -0.39 is 0 Å². The van der Waals surface area contributed by atoms with E-state index in [4.69, 9.17) is 0 Å². The molecule has 0 unspecified atom stereocenters. The molecule has 4 heteroatoms. The van der Waals surface area contributed by atoms with E-state index in [9.17, 15) is 0 Å². The van der Waals surface area contributed by atoms with Crippen LogP contribution in [0.3, 0.4) is 0 Å². The molecule has 3 rings (SSSR count). The largest absolute Gasteiger partial charge is 0.345 e. The van der Waals surface area contributed by atoms with Crippen molar-refractivity contribution in [3.63, 3.8) is 0 Å². The van der Waals surface area contributed by atoms with Crippen LogP contribution >= 0.6 is 0 Å². The highest BCUT2D eigenvalue weighted by Crippen LogP contribution is 2.15. The van der Waals surface area contributed by atoms with E-state index in [-0.39, 0.29) is 0 Å². The van der Waals surface area contributed by atoms with Gasteiger partial charge in [0.2, 0.25) is 0 Å². The number of fused-ring (bicyclic) bond motifs is 2. The Morgan fingerprint density at radius 3 is 2.46 bits per heavy atom. The number of nitrogens with zero attached hydrogens (tertiary/aromatic N) is 3. The van der Waals surface area contributed by atoms with E-state index in [1.807, 2.05) is 12.1 Å². The molecule has 0 aliphatic heterocycles. The lowest BCUT2D eigenvalue weighted by Gasteiger charge is -1.94. The van der Waals surface area contributed by atoms with Crippen LogP contribution in [0.4, 0.5) is 0 Å². The maximum Gasteiger partial charge on any atom is 0.0931 e. The Bertz CT molecular complexity index is 520. The zero-order valence-electron chi connectivity index (χ0n) is 6.73. The fourth-order valence-electron chi connectivity index (χ4n) is 1.39. The van der Waals surface area contributed by atoms with Gasteiger partial charge in [0, 0.05) is 12.4 Å². The first-order valence-corrected chi connectivity index (χ1v) is 3.97. The molecule has 2 heterocycles. The summed E-state index contributed by atoms with van der Waals surface area (Å²) in [7, 11) is 0. The minimum Gasteiger partial charge on any atom is -0.345 e. The van der Waals surface area contributed by atoms with Gasteiger partial charge in [-0.1, -0.05) is 0 Å². The molecule has 0 atom stereocenters. The fourth-order valence-corrected chi connectivity index (χ4v) is 1.39. The van der Waals surface area contributed by atoms with Gasteiger partial charge < -0.3 is 4.98 Å². The van der Waals surface area contributed by atoms with Crippen LogP contribution in [0.2, 0.25) is 0 Å². The van der Waals surface area contributed by atoms with E-state index in [1.165, 1.54) is 0 Å². The van der Waals surface area contributed by atoms with Crippen LogP contribution < -0.4 is 0 Å². The smallest absolute Gasteiger partial charge is 0.0931 e. The van der Waals surface area contributed by atoms with Crippen molar-refractivity contribution in [1.29, 1.82) is 0 Å². The van der Waals surface area contributed by atoms with Crippen molar-refractivity contribution in [2.45, 2.75) is 0 Å². The molecule has 0 radical (unpaired) electrons. The molecular weight excluding hydrogens is 164 g/mol. The van der Waals surface area contributed by atoms with Crippen molar-refractivity contribution >= 4 is 22.1 Å². The number of aromatic amines is 1. The molecule has 0 saturated carbocycles. The molecule has 1 aromatic carbocycles. The lowest BCUT2D eigenvalue weighted by Crippen LogP contribution is -1.81. The van der Waals surface area contributed by atoms with Crippen molar-refractivity contribution in [2.24, 2.45) is 0 Å². The number of hydrogen-bond acceptors (Lipinski definition) is 3. The Balaban J connectivity index is 2.57. The first kappa shape index (κ1) is 6.54. The number of H-pyrrole nitrogens is 1. The Kier molecular flexibility index (Phi) is 1.14. The summed E-state index contributed by atoms with van der Waals surface area (Å²) in [5.74, 6) is 0. The van der Waals surface area contributed by atoms with Gasteiger partial charge in [-0.15, -0.1) is 0 Å². The molecule has 0 aliphatic rings. The first-order chi connectivity index (χ1) is 6.43. The maximum absolute atomic E-state index is 4.20. The molecule has 4 nitrogen and oxygen atoms in total. The Hall–Kier alpha value is -1.97. The molecule has 0 aliphatic carbocycles. The quantitative estimate of drug-likeness (QED) is 0.556. The average molecular weight is 170 g/mol. The molecule has 1 N–H and O–H groups in total. The maximum atomic E-state index is 4.20. The lowest BCUT2D eigenvalue weighted by atomic mass is 10.2. The zero-order chi connectivity index (χ0) is 8.67. The molecule has 0 saturated heterocycles. The molecule has 3 aromatic rings. The molecule has 13 heavy (non-hydrogen) atoms. The third-order valence-electron chi connectivity index (χ3n) is 2.01. The number of rotatable bonds is 0. The van der Waals surface area contributed by atoms with Crippen LogP contribution in [-0.2, 0) is 0 Å². The summed E-state index contributed by atoms with van der Waals surface area (Å²) in [5.41, 5.74) is 3.68. The highest BCUT2D eigenvalue weighted by Gasteiger charge is 1.99. The molecule has 0 bridgehead atoms. The van der Waals surface area contributed by atoms with Gasteiger partial charge in [-0.05, 0) is 12.1 Å². The van der Waals surface area contributed by atoms with Crippen molar-refractivity contribution in [3.8, 4) is 0 Å². The van der Waals surface area contributed by atoms with Gasteiger partial charge in [0.1, 0.15) is 0 Å². The summed E-state index contributed by atoms with van der Waals surface area (Å²) in [6.45, 7) is 0. The first-order valence-electron chi connectivity index (χ1n) is 3.97. The second-order valence-electron chi connectivity index (χ2n) is 2.82. The van der Waals surface area contributed by atoms with Gasteiger partial charge in [0.05, 0.1) is 28.4 Å². The van der Waals surface area contributed by atoms with Crippen molar-refractivity contribution < 1.29 is 0 Å². The van der Waals surface area contributed by atoms with E-state index in [0.29, 0.717) is 0 Å². The van der Waals surface area contributed by atoms with Crippen molar-refractivity contribution in [2.75, 3.05) is 0 Å². The molecule has 0 amide bonds. The SMILES string of the molecule is c1cnc2cc3[nH]cnc3cc2n1. The van der Waals surface area contributed by atoms with E-state index in [2.05, 4.69) is 19.9 Å². The van der Waals surface area contributed by atoms with Gasteiger partial charge in [-0.25, -0.2) is 4.98 Å². The van der Waals surface area contributed by atoms with Gasteiger partial charge in [-0.2, -0.15) is 0 Å². The van der Waals surface area contributed by atoms with Crippen LogP contribution in [0.1, 0.15) is 0 Å². The zero-order valence-corrected chi connectivity index (χ0v) is 6.73. The lowest BCUT2D eigenvalue weighted by molar-refractivity contribution is 1.30. The molecular formula is C9H6N4. The van der Waals surface area contributed by atoms with Crippen molar-refractivity contribution in [1.82, 2.24) is 19.9 Å². The van der Waals surface area contributed by atoms with Crippen LogP contribution in [0.5, 0.6) is 0 Å². The number of imidazole rings is 1. The van der Waals surface area contributed by atoms with Gasteiger partial charge in [-0.3, -0.25) is 9.97 Å². The van der Waals surface area contributed by atoms with Crippen LogP contribution in [-0.4, -0.2) is 19.9 Å². The summed E-state index contributed by atoms with van der Waals surface area (Å²) < 4.78 is 0. The summed E-state index contributed by atoms with van der Waals surface area (Å²) in [4.78, 5) is 15.6. The van der Waals surface area contributed by atoms with Crippen molar-refractivity contribution in [3.05, 3.63) is 30.9 Å². The summed E-state index contributed by atoms with van der Waals surface area (Å²) in [6, 6.07) is 3.87. The normalized spacial score (nSPS) is 11.1. The number of benzene rings is 1. The predicted molar refractivity (Wildman–Crippen MR) is 49.2 cm³/mol. The van der Waals surface area contributed by atoms with Gasteiger partial charge in [0.15, 0.2) is 0 Å². The van der Waals surface area contributed by atoms with Crippen LogP contribution in [0.15, 0.2) is 30.9 Å². The number of hydrogen-bond donors (Lipinski definition) is 1. The van der Waals surface area contributed by atoms with E-state index in [1.54, 1.807) is 18.7 Å². The fraction of sp³-hybridized carbons (Fsp3) is 0. The second-order valence-corrected chi connectivity index (χ2v) is 2.82. The Labute approximate surface area is 73.7 Å². The predicted octanol–water partition coefficient (Wildman–Crippen LogP) is 1.51. The topological polar surface area (TPSA) is 54.5 Å². The minimum absolute atomic E-state index is 0.877. The summed E-state index contributed by atoms with van der Waals surface area (Å²) in [6.07, 6.45) is 5.04. The highest BCUT2D eigenvalue weighted by molar-refractivity contribution is 5.90. The third-order valence-corrected chi connectivity index (χ3v) is 2.01. The Morgan fingerprint density at radius 1 is 0.846 bits per heavy atom. The van der Waals surface area contributed by atoms with Crippen LogP contribution in [0, 0.1) is 0 Å². The summed E-state index contributed by atoms with van der Waals surface area (Å²) >= 11 is 0. The standard InChI is InChI=1S/C9H6N4/c1-2-11-7-4-9-8(12-5-13-9)3-6(7)10-1/h1-5H,(H,12,13). The van der Waals surface area contributed by atoms with E-state index in [0.717, 1.165) is 22.1 Å². The highest BCUT2D eigenvalue weighted by atomic mass is 14.9.